The molecule has 0 saturated carbocycles. The van der Waals surface area contributed by atoms with Gasteiger partial charge in [0, 0.05) is 0 Å². The lowest BCUT2D eigenvalue weighted by Gasteiger charge is -2.10. The first kappa shape index (κ1) is 12.5. The summed E-state index contributed by atoms with van der Waals surface area (Å²) in [5.41, 5.74) is 0.0892. The number of halogens is 3. The Morgan fingerprint density at radius 3 is 2.38 bits per heavy atom. The largest absolute Gasteiger partial charge is 0.416 e. The van der Waals surface area contributed by atoms with Crippen molar-refractivity contribution < 1.29 is 18.0 Å². The van der Waals surface area contributed by atoms with Gasteiger partial charge in [0.1, 0.15) is 0 Å². The topological polar surface area (TPSA) is 17.1 Å². The second-order valence-corrected chi connectivity index (χ2v) is 3.52. The standard InChI is InChI=1S/C12H11F3O/c1-8-7-10(4-3-9(2)16)5-6-11(8)12(13,14)15/h3-7H,1-2H3. The number of hydrogen-bond donors (Lipinski definition) is 0. The highest BCUT2D eigenvalue weighted by molar-refractivity contribution is 5.91. The van der Waals surface area contributed by atoms with E-state index in [4.69, 9.17) is 0 Å². The lowest BCUT2D eigenvalue weighted by molar-refractivity contribution is -0.138. The van der Waals surface area contributed by atoms with Crippen LogP contribution in [-0.2, 0) is 11.0 Å². The van der Waals surface area contributed by atoms with Gasteiger partial charge in [0.15, 0.2) is 5.78 Å². The van der Waals surface area contributed by atoms with Crippen molar-refractivity contribution in [3.63, 3.8) is 0 Å². The first-order chi connectivity index (χ1) is 7.30. The van der Waals surface area contributed by atoms with E-state index in [0.29, 0.717) is 5.56 Å². The molecule has 0 aliphatic carbocycles. The van der Waals surface area contributed by atoms with Crippen LogP contribution in [0.2, 0.25) is 0 Å². The third-order valence-electron chi connectivity index (χ3n) is 2.07. The van der Waals surface area contributed by atoms with Gasteiger partial charge in [-0.25, -0.2) is 0 Å². The van der Waals surface area contributed by atoms with Crippen LogP contribution >= 0.6 is 0 Å². The van der Waals surface area contributed by atoms with Crippen LogP contribution in [0.1, 0.15) is 23.6 Å². The summed E-state index contributed by atoms with van der Waals surface area (Å²) in [5.74, 6) is -0.141. The molecule has 16 heavy (non-hydrogen) atoms. The van der Waals surface area contributed by atoms with E-state index in [1.807, 2.05) is 0 Å². The molecular formula is C12H11F3O. The summed E-state index contributed by atoms with van der Waals surface area (Å²) >= 11 is 0. The third-order valence-corrected chi connectivity index (χ3v) is 2.07. The number of benzene rings is 1. The van der Waals surface area contributed by atoms with Crippen LogP contribution in [0.5, 0.6) is 0 Å². The van der Waals surface area contributed by atoms with Crippen LogP contribution in [0.3, 0.4) is 0 Å². The molecule has 0 N–H and O–H groups in total. The normalized spacial score (nSPS) is 12.1. The van der Waals surface area contributed by atoms with E-state index in [9.17, 15) is 18.0 Å². The number of allylic oxidation sites excluding steroid dienone is 1. The van der Waals surface area contributed by atoms with E-state index in [2.05, 4.69) is 0 Å². The Labute approximate surface area is 91.6 Å². The molecule has 0 amide bonds. The number of hydrogen-bond acceptors (Lipinski definition) is 1. The van der Waals surface area contributed by atoms with Crippen molar-refractivity contribution in [2.75, 3.05) is 0 Å². The summed E-state index contributed by atoms with van der Waals surface area (Å²) in [6.45, 7) is 2.78. The molecule has 1 nitrogen and oxygen atoms in total. The van der Waals surface area contributed by atoms with Crippen LogP contribution in [0.15, 0.2) is 24.3 Å². The maximum atomic E-state index is 12.4. The number of ketones is 1. The summed E-state index contributed by atoms with van der Waals surface area (Å²) in [6, 6.07) is 3.77. The van der Waals surface area contributed by atoms with E-state index in [1.54, 1.807) is 0 Å². The number of carbonyl (C=O) groups is 1. The molecule has 0 aromatic heterocycles. The van der Waals surface area contributed by atoms with Crippen LogP contribution < -0.4 is 0 Å². The van der Waals surface area contributed by atoms with Gasteiger partial charge in [0.25, 0.3) is 0 Å². The molecule has 0 atom stereocenters. The van der Waals surface area contributed by atoms with Crippen LogP contribution in [0, 0.1) is 6.92 Å². The zero-order valence-electron chi connectivity index (χ0n) is 8.93. The summed E-state index contributed by atoms with van der Waals surface area (Å²) in [6.07, 6.45) is -1.51. The lowest BCUT2D eigenvalue weighted by atomic mass is 10.0. The second-order valence-electron chi connectivity index (χ2n) is 3.52. The first-order valence-corrected chi connectivity index (χ1v) is 4.67. The van der Waals surface area contributed by atoms with E-state index in [1.165, 1.54) is 38.1 Å². The van der Waals surface area contributed by atoms with Gasteiger partial charge in [-0.2, -0.15) is 13.2 Å². The van der Waals surface area contributed by atoms with Gasteiger partial charge in [-0.1, -0.05) is 18.2 Å². The van der Waals surface area contributed by atoms with Crippen LogP contribution in [-0.4, -0.2) is 5.78 Å². The highest BCUT2D eigenvalue weighted by atomic mass is 19.4. The van der Waals surface area contributed by atoms with E-state index < -0.39 is 11.7 Å². The number of alkyl halides is 3. The molecule has 0 heterocycles. The van der Waals surface area contributed by atoms with Gasteiger partial charge in [-0.05, 0) is 37.1 Å². The second kappa shape index (κ2) is 4.51. The van der Waals surface area contributed by atoms with Crippen LogP contribution in [0.4, 0.5) is 13.2 Å². The molecule has 0 radical (unpaired) electrons. The number of aryl methyl sites for hydroxylation is 1. The van der Waals surface area contributed by atoms with Crippen molar-refractivity contribution in [2.24, 2.45) is 0 Å². The molecule has 86 valence electrons. The molecule has 0 spiro atoms. The molecule has 1 aromatic carbocycles. The summed E-state index contributed by atoms with van der Waals surface area (Å²) in [4.78, 5) is 10.7. The van der Waals surface area contributed by atoms with Crippen molar-refractivity contribution in [1.29, 1.82) is 0 Å². The van der Waals surface area contributed by atoms with Gasteiger partial charge in [-0.15, -0.1) is 0 Å². The third kappa shape index (κ3) is 3.22. The highest BCUT2D eigenvalue weighted by Crippen LogP contribution is 2.32. The fourth-order valence-electron chi connectivity index (χ4n) is 1.32. The SMILES string of the molecule is CC(=O)C=Cc1ccc(C(F)(F)F)c(C)c1. The zero-order valence-corrected chi connectivity index (χ0v) is 8.93. The minimum absolute atomic E-state index is 0.141. The highest BCUT2D eigenvalue weighted by Gasteiger charge is 2.31. The summed E-state index contributed by atoms with van der Waals surface area (Å²) in [5, 5.41) is 0. The van der Waals surface area contributed by atoms with E-state index in [0.717, 1.165) is 6.07 Å². The predicted molar refractivity (Wildman–Crippen MR) is 55.9 cm³/mol. The van der Waals surface area contributed by atoms with Gasteiger partial charge in [0.2, 0.25) is 0 Å². The molecule has 0 aliphatic heterocycles. The lowest BCUT2D eigenvalue weighted by Crippen LogP contribution is -2.07. The Bertz CT molecular complexity index is 430. The van der Waals surface area contributed by atoms with Gasteiger partial charge < -0.3 is 0 Å². The fraction of sp³-hybridized carbons (Fsp3) is 0.250. The zero-order chi connectivity index (χ0) is 12.3. The molecule has 4 heteroatoms. The summed E-state index contributed by atoms with van der Waals surface area (Å²) < 4.78 is 37.3. The Morgan fingerprint density at radius 2 is 1.94 bits per heavy atom. The fourth-order valence-corrected chi connectivity index (χ4v) is 1.32. The van der Waals surface area contributed by atoms with Gasteiger partial charge in [-0.3, -0.25) is 4.79 Å². The molecule has 1 rings (SSSR count). The maximum Gasteiger partial charge on any atom is 0.416 e. The molecule has 0 aliphatic rings. The van der Waals surface area contributed by atoms with Crippen molar-refractivity contribution in [3.8, 4) is 0 Å². The molecular weight excluding hydrogens is 217 g/mol. The van der Waals surface area contributed by atoms with Crippen molar-refractivity contribution in [3.05, 3.63) is 41.0 Å². The minimum Gasteiger partial charge on any atom is -0.295 e. The first-order valence-electron chi connectivity index (χ1n) is 4.67. The molecule has 0 fully saturated rings. The van der Waals surface area contributed by atoms with Crippen molar-refractivity contribution in [1.82, 2.24) is 0 Å². The van der Waals surface area contributed by atoms with E-state index >= 15 is 0 Å². The Morgan fingerprint density at radius 1 is 1.31 bits per heavy atom. The maximum absolute atomic E-state index is 12.4. The molecule has 0 saturated heterocycles. The van der Waals surface area contributed by atoms with Gasteiger partial charge in [0.05, 0.1) is 5.56 Å². The number of carbonyl (C=O) groups excluding carboxylic acids is 1. The predicted octanol–water partition coefficient (Wildman–Crippen LogP) is 3.62. The quantitative estimate of drug-likeness (QED) is 0.706. The Hall–Kier alpha value is -1.58. The van der Waals surface area contributed by atoms with Crippen molar-refractivity contribution in [2.45, 2.75) is 20.0 Å². The molecule has 0 unspecified atom stereocenters. The molecule has 1 aromatic rings. The average molecular weight is 228 g/mol. The Kier molecular flexibility index (Phi) is 3.52. The number of rotatable bonds is 2. The monoisotopic (exact) mass is 228 g/mol. The summed E-state index contributed by atoms with van der Waals surface area (Å²) in [7, 11) is 0. The smallest absolute Gasteiger partial charge is 0.295 e. The Balaban J connectivity index is 3.05. The van der Waals surface area contributed by atoms with Gasteiger partial charge >= 0.3 is 6.18 Å². The van der Waals surface area contributed by atoms with Crippen molar-refractivity contribution >= 4 is 11.9 Å². The van der Waals surface area contributed by atoms with E-state index in [-0.39, 0.29) is 11.3 Å². The average Bonchev–Trinajstić information content (AvgIpc) is 2.12. The minimum atomic E-state index is -4.33. The van der Waals surface area contributed by atoms with Crippen LogP contribution in [0.25, 0.3) is 6.08 Å². The molecule has 0 bridgehead atoms.